The highest BCUT2D eigenvalue weighted by molar-refractivity contribution is 7.90. The number of carboxylic acids is 1. The van der Waals surface area contributed by atoms with Gasteiger partial charge in [0.2, 0.25) is 5.91 Å². The van der Waals surface area contributed by atoms with Gasteiger partial charge in [0.1, 0.15) is 23.1 Å². The molecular formula is C31H29Cl2F2N3O5S. The Morgan fingerprint density at radius 3 is 2.30 bits per heavy atom. The van der Waals surface area contributed by atoms with Gasteiger partial charge in [0.15, 0.2) is 9.84 Å². The number of carbonyl (C=O) groups excluding carboxylic acids is 1. The lowest BCUT2D eigenvalue weighted by molar-refractivity contribution is -0.138. The smallest absolute Gasteiger partial charge is 0.327 e. The van der Waals surface area contributed by atoms with Crippen LogP contribution in [-0.2, 0) is 20.0 Å². The molecule has 0 aliphatic carbocycles. The number of rotatable bonds is 7. The van der Waals surface area contributed by atoms with Gasteiger partial charge in [-0.15, -0.1) is 0 Å². The number of sulfone groups is 1. The molecule has 3 aromatic rings. The molecule has 1 saturated heterocycles. The molecule has 0 radical (unpaired) electrons. The summed E-state index contributed by atoms with van der Waals surface area (Å²) in [6.07, 6.45) is 0.873. The van der Waals surface area contributed by atoms with Crippen molar-refractivity contribution < 1.29 is 31.9 Å². The zero-order chi connectivity index (χ0) is 32.9. The summed E-state index contributed by atoms with van der Waals surface area (Å²) < 4.78 is 58.3. The second-order valence-corrected chi connectivity index (χ2v) is 14.8. The summed E-state index contributed by atoms with van der Waals surface area (Å²) in [4.78, 5) is 26.1. The molecule has 0 saturated carbocycles. The van der Waals surface area contributed by atoms with Crippen LogP contribution in [-0.4, -0.2) is 43.7 Å². The van der Waals surface area contributed by atoms with Crippen LogP contribution >= 0.6 is 23.2 Å². The number of hydrogen-bond donors (Lipinski definition) is 2. The van der Waals surface area contributed by atoms with Crippen molar-refractivity contribution >= 4 is 50.6 Å². The van der Waals surface area contributed by atoms with Crippen molar-refractivity contribution in [1.29, 1.82) is 5.26 Å². The Morgan fingerprint density at radius 1 is 1.11 bits per heavy atom. The molecule has 0 bridgehead atoms. The highest BCUT2D eigenvalue weighted by Gasteiger charge is 2.65. The van der Waals surface area contributed by atoms with Gasteiger partial charge in [0.05, 0.1) is 27.7 Å². The Morgan fingerprint density at radius 2 is 1.77 bits per heavy atom. The molecule has 0 aromatic heterocycles. The van der Waals surface area contributed by atoms with Gasteiger partial charge >= 0.3 is 5.97 Å². The van der Waals surface area contributed by atoms with E-state index in [1.165, 1.54) is 47.4 Å². The SMILES string of the molecule is CC(C)(C)C[C@@H]1N(c2ccc(C(N)=O)cc2S(C)(=O)=O)[C@@H](C(=O)O)[C@H](c2cccc(Cl)c2F)[C@@]1(C#N)c1ccc(Cl)cc1F. The van der Waals surface area contributed by atoms with Crippen LogP contribution in [0.15, 0.2) is 59.5 Å². The minimum absolute atomic E-state index is 0.00300. The summed E-state index contributed by atoms with van der Waals surface area (Å²) in [6.45, 7) is 5.42. The molecule has 1 heterocycles. The summed E-state index contributed by atoms with van der Waals surface area (Å²) in [5.41, 5.74) is 1.72. The molecule has 4 atom stereocenters. The third-order valence-corrected chi connectivity index (χ3v) is 9.48. The van der Waals surface area contributed by atoms with E-state index in [0.29, 0.717) is 0 Å². The number of hydrogen-bond acceptors (Lipinski definition) is 6. The number of nitrogens with zero attached hydrogens (tertiary/aromatic N) is 2. The maximum atomic E-state index is 16.0. The monoisotopic (exact) mass is 663 g/mol. The van der Waals surface area contributed by atoms with Gasteiger partial charge in [-0.05, 0) is 53.8 Å². The number of aliphatic carboxylic acids is 1. The lowest BCUT2D eigenvalue weighted by atomic mass is 9.62. The summed E-state index contributed by atoms with van der Waals surface area (Å²) in [5, 5.41) is 21.6. The number of primary amides is 1. The molecule has 1 amide bonds. The van der Waals surface area contributed by atoms with Crippen molar-refractivity contribution in [1.82, 2.24) is 0 Å². The van der Waals surface area contributed by atoms with E-state index in [9.17, 15) is 28.4 Å². The van der Waals surface area contributed by atoms with Gasteiger partial charge in [-0.1, -0.05) is 62.2 Å². The lowest BCUT2D eigenvalue weighted by Gasteiger charge is -2.40. The maximum absolute atomic E-state index is 16.0. The Labute approximate surface area is 263 Å². The number of benzene rings is 3. The summed E-state index contributed by atoms with van der Waals surface area (Å²) in [5.74, 6) is -6.06. The first-order valence-corrected chi connectivity index (χ1v) is 16.0. The van der Waals surface area contributed by atoms with Crippen LogP contribution in [0.4, 0.5) is 14.5 Å². The van der Waals surface area contributed by atoms with Crippen LogP contribution in [0, 0.1) is 28.4 Å². The molecular weight excluding hydrogens is 635 g/mol. The van der Waals surface area contributed by atoms with Crippen LogP contribution in [0.2, 0.25) is 10.0 Å². The van der Waals surface area contributed by atoms with E-state index < -0.39 is 67.1 Å². The lowest BCUT2D eigenvalue weighted by Crippen LogP contribution is -2.47. The third kappa shape index (κ3) is 5.74. The van der Waals surface area contributed by atoms with Crippen LogP contribution in [0.1, 0.15) is 54.6 Å². The number of amides is 1. The van der Waals surface area contributed by atoms with Crippen molar-refractivity contribution in [2.45, 2.75) is 55.5 Å². The van der Waals surface area contributed by atoms with Gasteiger partial charge < -0.3 is 15.7 Å². The Balaban J connectivity index is 2.26. The number of carbonyl (C=O) groups is 2. The molecule has 1 aliphatic heterocycles. The second kappa shape index (κ2) is 11.7. The van der Waals surface area contributed by atoms with Gasteiger partial charge in [-0.2, -0.15) is 5.26 Å². The number of halogens is 4. The van der Waals surface area contributed by atoms with Gasteiger partial charge in [-0.3, -0.25) is 4.79 Å². The molecule has 1 aliphatic rings. The first-order chi connectivity index (χ1) is 20.3. The average molecular weight is 665 g/mol. The van der Waals surface area contributed by atoms with Gasteiger partial charge in [-0.25, -0.2) is 22.0 Å². The first kappa shape index (κ1) is 33.2. The zero-order valence-electron chi connectivity index (χ0n) is 24.1. The largest absolute Gasteiger partial charge is 0.480 e. The van der Waals surface area contributed by atoms with Crippen LogP contribution in [0.5, 0.6) is 0 Å². The molecule has 13 heteroatoms. The molecule has 3 N–H and O–H groups in total. The Hall–Kier alpha value is -3.72. The quantitative estimate of drug-likeness (QED) is 0.311. The normalized spacial score (nSPS) is 22.1. The highest BCUT2D eigenvalue weighted by Crippen LogP contribution is 2.58. The van der Waals surface area contributed by atoms with Crippen molar-refractivity contribution in [3.8, 4) is 6.07 Å². The van der Waals surface area contributed by atoms with Crippen molar-refractivity contribution in [3.05, 3.63) is 93.0 Å². The fourth-order valence-corrected chi connectivity index (χ4v) is 7.41. The molecule has 0 unspecified atom stereocenters. The molecule has 232 valence electrons. The summed E-state index contributed by atoms with van der Waals surface area (Å²) in [7, 11) is -4.17. The van der Waals surface area contributed by atoms with Crippen molar-refractivity contribution in [3.63, 3.8) is 0 Å². The van der Waals surface area contributed by atoms with Crippen LogP contribution in [0.25, 0.3) is 0 Å². The maximum Gasteiger partial charge on any atom is 0.327 e. The third-order valence-electron chi connectivity index (χ3n) is 7.83. The Bertz CT molecular complexity index is 1820. The summed E-state index contributed by atoms with van der Waals surface area (Å²) >= 11 is 12.2. The van der Waals surface area contributed by atoms with E-state index in [2.05, 4.69) is 6.07 Å². The molecule has 44 heavy (non-hydrogen) atoms. The molecule has 0 spiro atoms. The van der Waals surface area contributed by atoms with E-state index in [1.54, 1.807) is 0 Å². The van der Waals surface area contributed by atoms with E-state index in [4.69, 9.17) is 28.9 Å². The number of nitriles is 1. The van der Waals surface area contributed by atoms with Gasteiger partial charge in [0, 0.05) is 28.3 Å². The number of nitrogens with two attached hydrogens (primary N) is 1. The van der Waals surface area contributed by atoms with Crippen LogP contribution in [0.3, 0.4) is 0 Å². The van der Waals surface area contributed by atoms with Gasteiger partial charge in [0.25, 0.3) is 0 Å². The molecule has 4 rings (SSSR count). The van der Waals surface area contributed by atoms with E-state index in [1.807, 2.05) is 20.8 Å². The van der Waals surface area contributed by atoms with E-state index in [0.717, 1.165) is 18.4 Å². The predicted molar refractivity (Wildman–Crippen MR) is 163 cm³/mol. The Kier molecular flexibility index (Phi) is 8.79. The minimum atomic E-state index is -4.17. The van der Waals surface area contributed by atoms with Crippen LogP contribution < -0.4 is 10.6 Å². The highest BCUT2D eigenvalue weighted by atomic mass is 35.5. The molecule has 3 aromatic carbocycles. The minimum Gasteiger partial charge on any atom is -0.480 e. The number of anilines is 1. The zero-order valence-corrected chi connectivity index (χ0v) is 26.4. The van der Waals surface area contributed by atoms with Crippen molar-refractivity contribution in [2.24, 2.45) is 11.1 Å². The second-order valence-electron chi connectivity index (χ2n) is 12.0. The standard InChI is InChI=1S/C31H29Cl2F2N3O5S/c1-30(2,3)14-24-31(15-36,19-10-9-17(32)13-21(19)34)25(18-6-5-7-20(33)26(18)35)27(29(40)41)38(24)22-11-8-16(28(37)39)12-23(22)44(4,42)43/h5-13,24-25,27H,14H2,1-4H3,(H2,37,39)(H,40,41)/t24-,25-,27+,31-/m0/s1. The van der Waals surface area contributed by atoms with Crippen molar-refractivity contribution in [2.75, 3.05) is 11.2 Å². The molecule has 1 fully saturated rings. The predicted octanol–water partition coefficient (Wildman–Crippen LogP) is 6.10. The first-order valence-electron chi connectivity index (χ1n) is 13.3. The molecule has 8 nitrogen and oxygen atoms in total. The van der Waals surface area contributed by atoms with E-state index >= 15 is 8.78 Å². The van der Waals surface area contributed by atoms with E-state index in [-0.39, 0.29) is 38.8 Å². The summed E-state index contributed by atoms with van der Waals surface area (Å²) in [6, 6.07) is 9.99. The fraction of sp³-hybridized carbons (Fsp3) is 0.323. The average Bonchev–Trinajstić information content (AvgIpc) is 3.18. The number of carboxylic acid groups (broad SMARTS) is 1. The topological polar surface area (TPSA) is 142 Å². The fourth-order valence-electron chi connectivity index (χ4n) is 6.18.